The lowest BCUT2D eigenvalue weighted by Gasteiger charge is -2.42. The van der Waals surface area contributed by atoms with Crippen molar-refractivity contribution < 1.29 is 14.3 Å². The molecule has 4 rings (SSSR count). The predicted octanol–water partition coefficient (Wildman–Crippen LogP) is 5.43. The van der Waals surface area contributed by atoms with Crippen LogP contribution in [0.1, 0.15) is 94.3 Å². The van der Waals surface area contributed by atoms with Gasteiger partial charge in [0, 0.05) is 25.6 Å². The van der Waals surface area contributed by atoms with Crippen LogP contribution >= 0.6 is 0 Å². The summed E-state index contributed by atoms with van der Waals surface area (Å²) in [5, 5.41) is 0. The minimum absolute atomic E-state index is 0.0399. The Morgan fingerprint density at radius 2 is 1.62 bits per heavy atom. The molecule has 2 fully saturated rings. The number of nitrogens with zero attached hydrogens (tertiary/aromatic N) is 2. The second kappa shape index (κ2) is 11.2. The highest BCUT2D eigenvalue weighted by molar-refractivity contribution is 5.97. The van der Waals surface area contributed by atoms with E-state index in [1.807, 2.05) is 29.2 Å². The van der Waals surface area contributed by atoms with Gasteiger partial charge in [0.15, 0.2) is 0 Å². The second-order valence-corrected chi connectivity index (χ2v) is 9.82. The number of hydrogen-bond donors (Lipinski definition) is 0. The summed E-state index contributed by atoms with van der Waals surface area (Å²) in [6.45, 7) is 4.41. The highest BCUT2D eigenvalue weighted by Crippen LogP contribution is 2.34. The number of fused-ring (bicyclic) bond motifs is 2. The third-order valence-electron chi connectivity index (χ3n) is 7.70. The molecule has 2 amide bonds. The maximum absolute atomic E-state index is 13.4. The van der Waals surface area contributed by atoms with Gasteiger partial charge in [-0.25, -0.2) is 0 Å². The smallest absolute Gasteiger partial charge is 0.257 e. The van der Waals surface area contributed by atoms with Crippen molar-refractivity contribution in [2.75, 3.05) is 19.6 Å². The van der Waals surface area contributed by atoms with Crippen molar-refractivity contribution in [3.05, 3.63) is 29.8 Å². The number of benzene rings is 1. The van der Waals surface area contributed by atoms with Crippen molar-refractivity contribution in [3.63, 3.8) is 0 Å². The molecule has 5 heteroatoms. The fraction of sp³-hybridized carbons (Fsp3) is 0.704. The van der Waals surface area contributed by atoms with Crippen LogP contribution in [0.4, 0.5) is 0 Å². The largest absolute Gasteiger partial charge is 0.487 e. The van der Waals surface area contributed by atoms with Crippen LogP contribution in [0, 0.1) is 5.92 Å². The summed E-state index contributed by atoms with van der Waals surface area (Å²) in [4.78, 5) is 30.9. The van der Waals surface area contributed by atoms with E-state index in [0.29, 0.717) is 23.8 Å². The highest BCUT2D eigenvalue weighted by atomic mass is 16.5. The van der Waals surface area contributed by atoms with E-state index in [-0.39, 0.29) is 24.0 Å². The van der Waals surface area contributed by atoms with Gasteiger partial charge in [0.25, 0.3) is 5.91 Å². The molecule has 0 spiro atoms. The first-order valence-corrected chi connectivity index (χ1v) is 13.0. The summed E-state index contributed by atoms with van der Waals surface area (Å²) >= 11 is 0. The van der Waals surface area contributed by atoms with Crippen molar-refractivity contribution in [2.24, 2.45) is 5.92 Å². The monoisotopic (exact) mass is 440 g/mol. The predicted molar refractivity (Wildman–Crippen MR) is 127 cm³/mol. The minimum Gasteiger partial charge on any atom is -0.487 e. The number of ether oxygens (including phenoxy) is 1. The topological polar surface area (TPSA) is 49.9 Å². The van der Waals surface area contributed by atoms with E-state index in [1.165, 1.54) is 12.8 Å². The number of hydrogen-bond acceptors (Lipinski definition) is 3. The van der Waals surface area contributed by atoms with Crippen LogP contribution in [0.5, 0.6) is 5.75 Å². The van der Waals surface area contributed by atoms with Crippen LogP contribution in [0.25, 0.3) is 0 Å². The van der Waals surface area contributed by atoms with E-state index in [0.717, 1.165) is 77.3 Å². The van der Waals surface area contributed by atoms with Gasteiger partial charge in [0.2, 0.25) is 5.91 Å². The molecule has 1 aromatic rings. The molecule has 0 bridgehead atoms. The third-order valence-corrected chi connectivity index (χ3v) is 7.70. The zero-order chi connectivity index (χ0) is 22.3. The SMILES string of the molecule is CCN1CCCCCCCN(C(=O)C2CCC2)[C@@H]2CCCC[C@@H]2Oc2ccccc2C1=O. The van der Waals surface area contributed by atoms with Gasteiger partial charge >= 0.3 is 0 Å². The Morgan fingerprint density at radius 3 is 2.38 bits per heavy atom. The molecule has 1 heterocycles. The van der Waals surface area contributed by atoms with Gasteiger partial charge in [-0.3, -0.25) is 9.59 Å². The lowest BCUT2D eigenvalue weighted by atomic mass is 9.82. The van der Waals surface area contributed by atoms with E-state index in [2.05, 4.69) is 11.8 Å². The van der Waals surface area contributed by atoms with E-state index in [4.69, 9.17) is 4.74 Å². The number of amides is 2. The molecule has 32 heavy (non-hydrogen) atoms. The number of rotatable bonds is 2. The second-order valence-electron chi connectivity index (χ2n) is 9.82. The quantitative estimate of drug-likeness (QED) is 0.616. The Balaban J connectivity index is 1.63. The fourth-order valence-electron chi connectivity index (χ4n) is 5.50. The van der Waals surface area contributed by atoms with Gasteiger partial charge in [-0.15, -0.1) is 0 Å². The molecule has 0 radical (unpaired) electrons. The average Bonchev–Trinajstić information content (AvgIpc) is 2.77. The summed E-state index contributed by atoms with van der Waals surface area (Å²) in [5.74, 6) is 1.31. The zero-order valence-electron chi connectivity index (χ0n) is 19.8. The first-order valence-electron chi connectivity index (χ1n) is 13.0. The van der Waals surface area contributed by atoms with Crippen LogP contribution in [-0.4, -0.2) is 53.4 Å². The van der Waals surface area contributed by atoms with Gasteiger partial charge in [-0.2, -0.15) is 0 Å². The molecule has 0 saturated heterocycles. The lowest BCUT2D eigenvalue weighted by molar-refractivity contribution is -0.144. The average molecular weight is 441 g/mol. The first-order chi connectivity index (χ1) is 15.7. The molecule has 2 aliphatic carbocycles. The molecule has 176 valence electrons. The number of para-hydroxylation sites is 1. The molecule has 0 unspecified atom stereocenters. The summed E-state index contributed by atoms with van der Waals surface area (Å²) < 4.78 is 6.61. The Labute approximate surface area is 193 Å². The van der Waals surface area contributed by atoms with Gasteiger partial charge in [-0.05, 0) is 64.0 Å². The Morgan fingerprint density at radius 1 is 0.906 bits per heavy atom. The molecule has 5 nitrogen and oxygen atoms in total. The van der Waals surface area contributed by atoms with Crippen LogP contribution in [0.15, 0.2) is 24.3 Å². The van der Waals surface area contributed by atoms with Crippen LogP contribution in [0.2, 0.25) is 0 Å². The Bertz CT molecular complexity index is 776. The summed E-state index contributed by atoms with van der Waals surface area (Å²) in [7, 11) is 0. The summed E-state index contributed by atoms with van der Waals surface area (Å²) in [6, 6.07) is 7.82. The molecule has 0 N–H and O–H groups in total. The molecule has 3 aliphatic rings. The van der Waals surface area contributed by atoms with E-state index in [9.17, 15) is 9.59 Å². The lowest BCUT2D eigenvalue weighted by Crippen LogP contribution is -2.53. The van der Waals surface area contributed by atoms with Crippen molar-refractivity contribution in [1.29, 1.82) is 0 Å². The van der Waals surface area contributed by atoms with Gasteiger partial charge < -0.3 is 14.5 Å². The van der Waals surface area contributed by atoms with Gasteiger partial charge in [0.1, 0.15) is 11.9 Å². The number of carbonyl (C=O) groups excluding carboxylic acids is 2. The zero-order valence-corrected chi connectivity index (χ0v) is 19.8. The fourth-order valence-corrected chi connectivity index (χ4v) is 5.50. The van der Waals surface area contributed by atoms with E-state index < -0.39 is 0 Å². The van der Waals surface area contributed by atoms with Crippen LogP contribution in [-0.2, 0) is 4.79 Å². The van der Waals surface area contributed by atoms with Crippen molar-refractivity contribution in [2.45, 2.75) is 96.1 Å². The van der Waals surface area contributed by atoms with E-state index >= 15 is 0 Å². The standard InChI is InChI=1S/C27H40N2O3/c1-2-28-19-10-4-3-5-11-20-29(26(30)21-13-12-14-21)23-16-7-9-18-25(23)32-24-17-8-6-15-22(24)27(28)31/h6,8,15,17,21,23,25H,2-5,7,9-14,16,18-20H2,1H3/t23-,25+/m1/s1. The van der Waals surface area contributed by atoms with Crippen LogP contribution in [0.3, 0.4) is 0 Å². The molecule has 1 aliphatic heterocycles. The molecule has 2 atom stereocenters. The Kier molecular flexibility index (Phi) is 8.10. The minimum atomic E-state index is -0.0399. The molecule has 0 aromatic heterocycles. The van der Waals surface area contributed by atoms with Gasteiger partial charge in [0.05, 0.1) is 11.6 Å². The number of carbonyl (C=O) groups is 2. The van der Waals surface area contributed by atoms with E-state index in [1.54, 1.807) is 0 Å². The summed E-state index contributed by atoms with van der Waals surface area (Å²) in [5.41, 5.74) is 0.658. The maximum atomic E-state index is 13.4. The third kappa shape index (κ3) is 5.29. The molecule has 2 saturated carbocycles. The molecular weight excluding hydrogens is 400 g/mol. The Hall–Kier alpha value is -2.04. The van der Waals surface area contributed by atoms with Crippen molar-refractivity contribution in [1.82, 2.24) is 9.80 Å². The molecule has 1 aromatic carbocycles. The molecular formula is C27H40N2O3. The van der Waals surface area contributed by atoms with Gasteiger partial charge in [-0.1, -0.05) is 44.2 Å². The van der Waals surface area contributed by atoms with Crippen molar-refractivity contribution >= 4 is 11.8 Å². The highest BCUT2D eigenvalue weighted by Gasteiger charge is 2.38. The summed E-state index contributed by atoms with van der Waals surface area (Å²) in [6.07, 6.45) is 12.9. The first kappa shape index (κ1) is 23.1. The van der Waals surface area contributed by atoms with Crippen molar-refractivity contribution in [3.8, 4) is 5.75 Å². The maximum Gasteiger partial charge on any atom is 0.257 e. The normalized spacial score (nSPS) is 26.1. The van der Waals surface area contributed by atoms with Crippen LogP contribution < -0.4 is 4.74 Å².